The van der Waals surface area contributed by atoms with Gasteiger partial charge in [-0.2, -0.15) is 5.10 Å². The van der Waals surface area contributed by atoms with Crippen molar-refractivity contribution >= 4 is 11.6 Å². The Bertz CT molecular complexity index is 793. The number of rotatable bonds is 5. The molecule has 116 valence electrons. The first kappa shape index (κ1) is 15.0. The molecule has 1 N–H and O–H groups in total. The molecule has 0 aliphatic heterocycles. The average molecular weight is 305 g/mol. The highest BCUT2D eigenvalue weighted by atomic mass is 16.1. The van der Waals surface area contributed by atoms with Crippen LogP contribution in [-0.4, -0.2) is 15.7 Å². The lowest BCUT2D eigenvalue weighted by Gasteiger charge is -2.07. The van der Waals surface area contributed by atoms with E-state index in [1.54, 1.807) is 0 Å². The van der Waals surface area contributed by atoms with E-state index < -0.39 is 0 Å². The maximum Gasteiger partial charge on any atom is 0.224 e. The summed E-state index contributed by atoms with van der Waals surface area (Å²) in [6, 6.07) is 17.7. The second-order valence-electron chi connectivity index (χ2n) is 5.49. The third-order valence-corrected chi connectivity index (χ3v) is 3.72. The summed E-state index contributed by atoms with van der Waals surface area (Å²) in [5, 5.41) is 7.30. The Hall–Kier alpha value is -2.88. The molecular formula is C19H19N3O. The number of aromatic nitrogens is 2. The fourth-order valence-corrected chi connectivity index (χ4v) is 2.39. The molecule has 0 bridgehead atoms. The van der Waals surface area contributed by atoms with Gasteiger partial charge in [0.05, 0.1) is 11.9 Å². The third kappa shape index (κ3) is 3.86. The number of anilines is 1. The number of nitrogens with one attached hydrogen (secondary N) is 1. The Labute approximate surface area is 135 Å². The van der Waals surface area contributed by atoms with E-state index in [4.69, 9.17) is 0 Å². The molecule has 0 aliphatic rings. The van der Waals surface area contributed by atoms with E-state index in [0.717, 1.165) is 22.5 Å². The monoisotopic (exact) mass is 305 g/mol. The number of carbonyl (C=O) groups excluding carboxylic acids is 1. The molecule has 2 aromatic carbocycles. The molecule has 1 aromatic heterocycles. The second-order valence-corrected chi connectivity index (χ2v) is 5.49. The van der Waals surface area contributed by atoms with Gasteiger partial charge in [-0.15, -0.1) is 0 Å². The van der Waals surface area contributed by atoms with Crippen LogP contribution in [0.3, 0.4) is 0 Å². The number of hydrogen-bond donors (Lipinski definition) is 1. The predicted molar refractivity (Wildman–Crippen MR) is 91.7 cm³/mol. The van der Waals surface area contributed by atoms with Crippen molar-refractivity contribution in [1.29, 1.82) is 0 Å². The van der Waals surface area contributed by atoms with Crippen LogP contribution >= 0.6 is 0 Å². The molecule has 0 radical (unpaired) electrons. The van der Waals surface area contributed by atoms with Crippen molar-refractivity contribution in [2.45, 2.75) is 19.8 Å². The minimum absolute atomic E-state index is 0.0201. The molecular weight excluding hydrogens is 286 g/mol. The normalized spacial score (nSPS) is 10.5. The highest BCUT2D eigenvalue weighted by Gasteiger charge is 2.06. The van der Waals surface area contributed by atoms with E-state index in [1.165, 1.54) is 0 Å². The number of para-hydroxylation sites is 2. The average Bonchev–Trinajstić information content (AvgIpc) is 3.05. The third-order valence-electron chi connectivity index (χ3n) is 3.72. The minimum Gasteiger partial charge on any atom is -0.326 e. The topological polar surface area (TPSA) is 46.9 Å². The van der Waals surface area contributed by atoms with Gasteiger partial charge in [0.1, 0.15) is 0 Å². The summed E-state index contributed by atoms with van der Waals surface area (Å²) in [4.78, 5) is 12.1. The lowest BCUT2D eigenvalue weighted by molar-refractivity contribution is -0.116. The molecule has 1 heterocycles. The zero-order valence-corrected chi connectivity index (χ0v) is 13.1. The molecule has 0 saturated carbocycles. The van der Waals surface area contributed by atoms with Crippen LogP contribution in [0.5, 0.6) is 0 Å². The molecule has 0 saturated heterocycles. The van der Waals surface area contributed by atoms with Crippen LogP contribution in [0, 0.1) is 6.92 Å². The molecule has 0 fully saturated rings. The lowest BCUT2D eigenvalue weighted by atomic mass is 10.1. The number of carbonyl (C=O) groups is 1. The minimum atomic E-state index is 0.0201. The second kappa shape index (κ2) is 6.92. The fraction of sp³-hybridized carbons (Fsp3) is 0.158. The lowest BCUT2D eigenvalue weighted by Crippen LogP contribution is -2.12. The van der Waals surface area contributed by atoms with Crippen LogP contribution in [0.2, 0.25) is 0 Å². The van der Waals surface area contributed by atoms with Crippen molar-refractivity contribution in [3.63, 3.8) is 0 Å². The number of hydrogen-bond acceptors (Lipinski definition) is 2. The van der Waals surface area contributed by atoms with Gasteiger partial charge < -0.3 is 5.32 Å². The quantitative estimate of drug-likeness (QED) is 0.780. The predicted octanol–water partition coefficient (Wildman–Crippen LogP) is 3.75. The first-order chi connectivity index (χ1) is 11.2. The van der Waals surface area contributed by atoms with E-state index in [0.29, 0.717) is 12.8 Å². The summed E-state index contributed by atoms with van der Waals surface area (Å²) >= 11 is 0. The summed E-state index contributed by atoms with van der Waals surface area (Å²) in [5.74, 6) is 0.0201. The Balaban J connectivity index is 1.58. The summed E-state index contributed by atoms with van der Waals surface area (Å²) in [7, 11) is 0. The Kier molecular flexibility index (Phi) is 4.52. The van der Waals surface area contributed by atoms with Gasteiger partial charge in [-0.3, -0.25) is 4.79 Å². The van der Waals surface area contributed by atoms with Gasteiger partial charge in [-0.1, -0.05) is 36.4 Å². The van der Waals surface area contributed by atoms with Crippen LogP contribution in [0.4, 0.5) is 5.69 Å². The van der Waals surface area contributed by atoms with Crippen molar-refractivity contribution in [3.8, 4) is 5.69 Å². The Morgan fingerprint density at radius 3 is 2.61 bits per heavy atom. The summed E-state index contributed by atoms with van der Waals surface area (Å²) in [5.41, 5.74) is 4.01. The summed E-state index contributed by atoms with van der Waals surface area (Å²) < 4.78 is 1.83. The van der Waals surface area contributed by atoms with Crippen molar-refractivity contribution in [2.24, 2.45) is 0 Å². The number of amides is 1. The van der Waals surface area contributed by atoms with E-state index in [1.807, 2.05) is 78.6 Å². The highest BCUT2D eigenvalue weighted by Crippen LogP contribution is 2.14. The molecule has 0 unspecified atom stereocenters. The summed E-state index contributed by atoms with van der Waals surface area (Å²) in [6.07, 6.45) is 4.89. The zero-order valence-electron chi connectivity index (χ0n) is 13.1. The molecule has 3 aromatic rings. The van der Waals surface area contributed by atoms with Crippen molar-refractivity contribution in [2.75, 3.05) is 5.32 Å². The molecule has 4 nitrogen and oxygen atoms in total. The van der Waals surface area contributed by atoms with Crippen LogP contribution in [0.1, 0.15) is 17.5 Å². The number of benzene rings is 2. The summed E-state index contributed by atoms with van der Waals surface area (Å²) in [6.45, 7) is 1.99. The fourth-order valence-electron chi connectivity index (χ4n) is 2.39. The van der Waals surface area contributed by atoms with Gasteiger partial charge in [0.25, 0.3) is 0 Å². The van der Waals surface area contributed by atoms with Crippen LogP contribution in [-0.2, 0) is 11.2 Å². The van der Waals surface area contributed by atoms with Crippen LogP contribution in [0.15, 0.2) is 67.0 Å². The van der Waals surface area contributed by atoms with Crippen molar-refractivity contribution < 1.29 is 4.79 Å². The SMILES string of the molecule is Cc1ccccc1NC(=O)CCc1cnn(-c2ccccc2)c1. The largest absolute Gasteiger partial charge is 0.326 e. The molecule has 23 heavy (non-hydrogen) atoms. The van der Waals surface area contributed by atoms with Gasteiger partial charge in [0.15, 0.2) is 0 Å². The maximum atomic E-state index is 12.1. The molecule has 1 amide bonds. The van der Waals surface area contributed by atoms with E-state index in [9.17, 15) is 4.79 Å². The van der Waals surface area contributed by atoms with Crippen LogP contribution < -0.4 is 5.32 Å². The van der Waals surface area contributed by atoms with E-state index in [-0.39, 0.29) is 5.91 Å². The smallest absolute Gasteiger partial charge is 0.224 e. The van der Waals surface area contributed by atoms with Gasteiger partial charge >= 0.3 is 0 Å². The maximum absolute atomic E-state index is 12.1. The molecule has 4 heteroatoms. The van der Waals surface area contributed by atoms with E-state index >= 15 is 0 Å². The van der Waals surface area contributed by atoms with Crippen molar-refractivity contribution in [3.05, 3.63) is 78.1 Å². The Morgan fingerprint density at radius 2 is 1.83 bits per heavy atom. The highest BCUT2D eigenvalue weighted by molar-refractivity contribution is 5.91. The molecule has 3 rings (SSSR count). The molecule has 0 aliphatic carbocycles. The zero-order chi connectivity index (χ0) is 16.1. The van der Waals surface area contributed by atoms with Gasteiger partial charge in [0, 0.05) is 18.3 Å². The first-order valence-corrected chi connectivity index (χ1v) is 7.67. The van der Waals surface area contributed by atoms with Gasteiger partial charge in [-0.05, 0) is 42.7 Å². The standard InChI is InChI=1S/C19H19N3O/c1-15-7-5-6-10-18(15)21-19(23)12-11-16-13-20-22(14-16)17-8-3-2-4-9-17/h2-10,13-14H,11-12H2,1H3,(H,21,23). The van der Waals surface area contributed by atoms with Crippen LogP contribution in [0.25, 0.3) is 5.69 Å². The number of aryl methyl sites for hydroxylation is 2. The Morgan fingerprint density at radius 1 is 1.09 bits per heavy atom. The van der Waals surface area contributed by atoms with Crippen molar-refractivity contribution in [1.82, 2.24) is 9.78 Å². The van der Waals surface area contributed by atoms with E-state index in [2.05, 4.69) is 10.4 Å². The first-order valence-electron chi connectivity index (χ1n) is 7.67. The van der Waals surface area contributed by atoms with Gasteiger partial charge in [-0.25, -0.2) is 4.68 Å². The molecule has 0 atom stereocenters. The number of nitrogens with zero attached hydrogens (tertiary/aromatic N) is 2. The van der Waals surface area contributed by atoms with Gasteiger partial charge in [0.2, 0.25) is 5.91 Å². The molecule has 0 spiro atoms.